The lowest BCUT2D eigenvalue weighted by atomic mass is 10.0. The summed E-state index contributed by atoms with van der Waals surface area (Å²) in [6, 6.07) is 12.2. The number of imide groups is 1. The predicted octanol–water partition coefficient (Wildman–Crippen LogP) is 1.52. The van der Waals surface area contributed by atoms with Crippen molar-refractivity contribution in [3.63, 3.8) is 0 Å². The molecule has 1 aliphatic heterocycles. The van der Waals surface area contributed by atoms with Crippen LogP contribution in [0, 0.1) is 6.07 Å². The van der Waals surface area contributed by atoms with Crippen molar-refractivity contribution in [2.75, 3.05) is 0 Å². The van der Waals surface area contributed by atoms with Gasteiger partial charge in [-0.15, -0.1) is 0 Å². The van der Waals surface area contributed by atoms with Gasteiger partial charge in [-0.25, -0.2) is 0 Å². The third-order valence-electron chi connectivity index (χ3n) is 2.49. The van der Waals surface area contributed by atoms with Crippen LogP contribution in [0.2, 0.25) is 0 Å². The molecule has 2 amide bonds. The molecule has 3 rings (SSSR count). The zero-order chi connectivity index (χ0) is 10.4. The van der Waals surface area contributed by atoms with Crippen molar-refractivity contribution in [3.8, 4) is 0 Å². The van der Waals surface area contributed by atoms with Crippen LogP contribution >= 0.6 is 0 Å². The van der Waals surface area contributed by atoms with E-state index in [1.807, 2.05) is 24.3 Å². The van der Waals surface area contributed by atoms with E-state index in [0.29, 0.717) is 11.1 Å². The molecule has 71 valence electrons. The van der Waals surface area contributed by atoms with Crippen LogP contribution in [0.25, 0.3) is 10.8 Å². The molecule has 0 saturated heterocycles. The fourth-order valence-corrected chi connectivity index (χ4v) is 1.76. The Morgan fingerprint density at radius 3 is 2.73 bits per heavy atom. The first-order valence-electron chi connectivity index (χ1n) is 4.56. The Morgan fingerprint density at radius 2 is 1.87 bits per heavy atom. The first-order valence-corrected chi connectivity index (χ1v) is 4.56. The topological polar surface area (TPSA) is 46.2 Å². The van der Waals surface area contributed by atoms with Crippen molar-refractivity contribution in [3.05, 3.63) is 47.5 Å². The van der Waals surface area contributed by atoms with Crippen molar-refractivity contribution in [1.82, 2.24) is 5.32 Å². The number of hydrogen-bond acceptors (Lipinski definition) is 2. The summed E-state index contributed by atoms with van der Waals surface area (Å²) in [6.45, 7) is 0. The van der Waals surface area contributed by atoms with Crippen LogP contribution in [0.1, 0.15) is 20.7 Å². The number of carbonyl (C=O) groups is 2. The lowest BCUT2D eigenvalue weighted by Gasteiger charge is -1.98. The summed E-state index contributed by atoms with van der Waals surface area (Å²) < 4.78 is 0. The molecule has 2 aromatic rings. The Labute approximate surface area is 85.7 Å². The average Bonchev–Trinajstić information content (AvgIpc) is 2.52. The van der Waals surface area contributed by atoms with E-state index in [4.69, 9.17) is 0 Å². The zero-order valence-electron chi connectivity index (χ0n) is 7.70. The van der Waals surface area contributed by atoms with Crippen LogP contribution in [0.5, 0.6) is 0 Å². The zero-order valence-corrected chi connectivity index (χ0v) is 7.70. The second-order valence-electron chi connectivity index (χ2n) is 3.43. The third kappa shape index (κ3) is 1.06. The molecule has 0 spiro atoms. The maximum Gasteiger partial charge on any atom is 0.259 e. The van der Waals surface area contributed by atoms with E-state index in [9.17, 15) is 9.59 Å². The highest BCUT2D eigenvalue weighted by Crippen LogP contribution is 2.22. The molecule has 0 bridgehead atoms. The third-order valence-corrected chi connectivity index (χ3v) is 2.49. The number of hydrogen-bond donors (Lipinski definition) is 1. The fourth-order valence-electron chi connectivity index (χ4n) is 1.76. The van der Waals surface area contributed by atoms with E-state index in [1.54, 1.807) is 6.07 Å². The molecule has 0 fully saturated rings. The summed E-state index contributed by atoms with van der Waals surface area (Å²) in [6.07, 6.45) is 0. The highest BCUT2D eigenvalue weighted by molar-refractivity contribution is 6.22. The van der Waals surface area contributed by atoms with Crippen LogP contribution in [-0.2, 0) is 0 Å². The van der Waals surface area contributed by atoms with Gasteiger partial charge in [0, 0.05) is 6.07 Å². The summed E-state index contributed by atoms with van der Waals surface area (Å²) >= 11 is 0. The fraction of sp³-hybridized carbons (Fsp3) is 0. The SMILES string of the molecule is O=C1NC(=O)c2cc3ccccc3[c]c21. The highest BCUT2D eigenvalue weighted by atomic mass is 16.2. The van der Waals surface area contributed by atoms with Gasteiger partial charge in [0.15, 0.2) is 0 Å². The van der Waals surface area contributed by atoms with Crippen LogP contribution in [-0.4, -0.2) is 11.8 Å². The summed E-state index contributed by atoms with van der Waals surface area (Å²) in [5, 5.41) is 4.01. The van der Waals surface area contributed by atoms with Crippen molar-refractivity contribution in [1.29, 1.82) is 0 Å². The molecule has 1 radical (unpaired) electrons. The summed E-state index contributed by atoms with van der Waals surface area (Å²) in [5.41, 5.74) is 0.761. The largest absolute Gasteiger partial charge is 0.288 e. The molecule has 2 aromatic carbocycles. The van der Waals surface area contributed by atoms with Gasteiger partial charge in [-0.3, -0.25) is 14.9 Å². The second-order valence-corrected chi connectivity index (χ2v) is 3.43. The summed E-state index contributed by atoms with van der Waals surface area (Å²) in [5.74, 6) is -0.697. The molecule has 0 unspecified atom stereocenters. The van der Waals surface area contributed by atoms with E-state index in [2.05, 4.69) is 11.4 Å². The van der Waals surface area contributed by atoms with E-state index >= 15 is 0 Å². The molecule has 15 heavy (non-hydrogen) atoms. The van der Waals surface area contributed by atoms with Gasteiger partial charge >= 0.3 is 0 Å². The maximum atomic E-state index is 11.4. The number of amides is 2. The number of benzene rings is 2. The first-order chi connectivity index (χ1) is 7.25. The van der Waals surface area contributed by atoms with Gasteiger partial charge < -0.3 is 0 Å². The average molecular weight is 196 g/mol. The van der Waals surface area contributed by atoms with E-state index in [0.717, 1.165) is 10.8 Å². The monoisotopic (exact) mass is 196 g/mol. The molecule has 3 heteroatoms. The van der Waals surface area contributed by atoms with Crippen LogP contribution in [0.15, 0.2) is 30.3 Å². The molecule has 1 heterocycles. The van der Waals surface area contributed by atoms with Crippen molar-refractivity contribution in [2.45, 2.75) is 0 Å². The molecular weight excluding hydrogens is 190 g/mol. The Hall–Kier alpha value is -2.16. The van der Waals surface area contributed by atoms with Gasteiger partial charge in [-0.2, -0.15) is 0 Å². The molecule has 1 aliphatic rings. The van der Waals surface area contributed by atoms with Crippen molar-refractivity contribution < 1.29 is 9.59 Å². The van der Waals surface area contributed by atoms with Gasteiger partial charge in [-0.05, 0) is 16.8 Å². The minimum atomic E-state index is -0.360. The van der Waals surface area contributed by atoms with Gasteiger partial charge in [0.1, 0.15) is 0 Å². The highest BCUT2D eigenvalue weighted by Gasteiger charge is 2.26. The number of rotatable bonds is 0. The van der Waals surface area contributed by atoms with Gasteiger partial charge in [0.05, 0.1) is 11.1 Å². The molecular formula is C12H6NO2. The normalized spacial score (nSPS) is 14.1. The molecule has 3 nitrogen and oxygen atoms in total. The summed E-state index contributed by atoms with van der Waals surface area (Å²) in [7, 11) is 0. The minimum absolute atomic E-state index is 0.336. The molecule has 0 aromatic heterocycles. The van der Waals surface area contributed by atoms with Crippen LogP contribution < -0.4 is 5.32 Å². The van der Waals surface area contributed by atoms with Crippen LogP contribution in [0.4, 0.5) is 0 Å². The lowest BCUT2D eigenvalue weighted by molar-refractivity contribution is 0.0879. The first kappa shape index (κ1) is 8.17. The van der Waals surface area contributed by atoms with E-state index in [1.165, 1.54) is 0 Å². The maximum absolute atomic E-state index is 11.4. The molecule has 0 atom stereocenters. The van der Waals surface area contributed by atoms with E-state index in [-0.39, 0.29) is 11.8 Å². The van der Waals surface area contributed by atoms with Crippen molar-refractivity contribution in [2.24, 2.45) is 0 Å². The van der Waals surface area contributed by atoms with Gasteiger partial charge in [0.2, 0.25) is 0 Å². The predicted molar refractivity (Wildman–Crippen MR) is 54.6 cm³/mol. The van der Waals surface area contributed by atoms with Crippen LogP contribution in [0.3, 0.4) is 0 Å². The van der Waals surface area contributed by atoms with Gasteiger partial charge in [0.25, 0.3) is 11.8 Å². The molecule has 1 N–H and O–H groups in total. The van der Waals surface area contributed by atoms with Gasteiger partial charge in [-0.1, -0.05) is 24.3 Å². The second kappa shape index (κ2) is 2.67. The Balaban J connectivity index is 2.41. The molecule has 0 aliphatic carbocycles. The Kier molecular flexibility index (Phi) is 1.45. The number of nitrogens with one attached hydrogen (secondary N) is 1. The van der Waals surface area contributed by atoms with E-state index < -0.39 is 0 Å². The molecule has 0 saturated carbocycles. The number of carbonyl (C=O) groups excluding carboxylic acids is 2. The van der Waals surface area contributed by atoms with Crippen molar-refractivity contribution >= 4 is 22.6 Å². The standard InChI is InChI=1S/C12H6NO2/c14-11-9-5-7-3-1-2-4-8(7)6-10(9)12(15)13-11/h1-5H,(H,13,14,15). The number of fused-ring (bicyclic) bond motifs is 2. The summed E-state index contributed by atoms with van der Waals surface area (Å²) in [4.78, 5) is 22.7. The lowest BCUT2D eigenvalue weighted by Crippen LogP contribution is -2.19. The Bertz CT molecular complexity index is 549. The quantitative estimate of drug-likeness (QED) is 0.649. The minimum Gasteiger partial charge on any atom is -0.288 e. The smallest absolute Gasteiger partial charge is 0.259 e. The Morgan fingerprint density at radius 1 is 1.07 bits per heavy atom.